The molecule has 0 saturated carbocycles. The second-order valence-corrected chi connectivity index (χ2v) is 3.56. The minimum absolute atomic E-state index is 0.394. The third-order valence-electron chi connectivity index (χ3n) is 2.37. The van der Waals surface area contributed by atoms with Crippen LogP contribution in [0.2, 0.25) is 0 Å². The maximum atomic E-state index is 5.33. The molecule has 3 N–H and O–H groups in total. The van der Waals surface area contributed by atoms with Crippen molar-refractivity contribution in [2.24, 2.45) is 5.84 Å². The van der Waals surface area contributed by atoms with Gasteiger partial charge in [-0.1, -0.05) is 12.1 Å². The maximum Gasteiger partial charge on any atom is 0.237 e. The van der Waals surface area contributed by atoms with E-state index in [-0.39, 0.29) is 0 Å². The molecule has 0 spiro atoms. The Morgan fingerprint density at radius 2 is 2.00 bits per heavy atom. The lowest BCUT2D eigenvalue weighted by atomic mass is 10.1. The standard InChI is InChI=1S/C12H14N4O/c1-8-7-10(15-12(14-8)16-13)9-5-3-4-6-11(9)17-2/h3-7H,13H2,1-2H3,(H,14,15,16). The third kappa shape index (κ3) is 2.34. The fourth-order valence-electron chi connectivity index (χ4n) is 1.63. The quantitative estimate of drug-likeness (QED) is 0.620. The summed E-state index contributed by atoms with van der Waals surface area (Å²) in [5.74, 6) is 6.50. The third-order valence-corrected chi connectivity index (χ3v) is 2.37. The number of nitrogens with zero attached hydrogens (tertiary/aromatic N) is 2. The predicted molar refractivity (Wildman–Crippen MR) is 66.6 cm³/mol. The monoisotopic (exact) mass is 230 g/mol. The van der Waals surface area contributed by atoms with Gasteiger partial charge in [-0.25, -0.2) is 15.8 Å². The summed E-state index contributed by atoms with van der Waals surface area (Å²) in [6, 6.07) is 9.57. The first-order chi connectivity index (χ1) is 8.24. The smallest absolute Gasteiger partial charge is 0.237 e. The van der Waals surface area contributed by atoms with Gasteiger partial charge in [0.15, 0.2) is 0 Å². The first kappa shape index (κ1) is 11.3. The highest BCUT2D eigenvalue weighted by atomic mass is 16.5. The van der Waals surface area contributed by atoms with Crippen LogP contribution in [0.15, 0.2) is 30.3 Å². The Balaban J connectivity index is 2.55. The van der Waals surface area contributed by atoms with Gasteiger partial charge in [0.2, 0.25) is 5.95 Å². The van der Waals surface area contributed by atoms with Gasteiger partial charge in [-0.15, -0.1) is 0 Å². The van der Waals surface area contributed by atoms with E-state index in [1.165, 1.54) is 0 Å². The molecule has 88 valence electrons. The van der Waals surface area contributed by atoms with Crippen molar-refractivity contribution in [3.05, 3.63) is 36.0 Å². The van der Waals surface area contributed by atoms with Crippen LogP contribution in [-0.4, -0.2) is 17.1 Å². The van der Waals surface area contributed by atoms with Gasteiger partial charge in [-0.2, -0.15) is 0 Å². The number of hydrogen-bond donors (Lipinski definition) is 2. The van der Waals surface area contributed by atoms with Crippen LogP contribution in [0.4, 0.5) is 5.95 Å². The van der Waals surface area contributed by atoms with Gasteiger partial charge in [0.1, 0.15) is 5.75 Å². The summed E-state index contributed by atoms with van der Waals surface area (Å²) in [4.78, 5) is 8.45. The van der Waals surface area contributed by atoms with Gasteiger partial charge in [-0.05, 0) is 25.1 Å². The summed E-state index contributed by atoms with van der Waals surface area (Å²) in [5, 5.41) is 0. The maximum absolute atomic E-state index is 5.33. The van der Waals surface area contributed by atoms with Crippen LogP contribution in [0.3, 0.4) is 0 Å². The number of methoxy groups -OCH3 is 1. The molecule has 5 nitrogen and oxygen atoms in total. The normalized spacial score (nSPS) is 10.1. The summed E-state index contributed by atoms with van der Waals surface area (Å²) in [6.07, 6.45) is 0. The Kier molecular flexibility index (Phi) is 3.20. The number of aromatic nitrogens is 2. The summed E-state index contributed by atoms with van der Waals surface area (Å²) in [6.45, 7) is 1.89. The highest BCUT2D eigenvalue weighted by molar-refractivity contribution is 5.68. The van der Waals surface area contributed by atoms with Gasteiger partial charge in [0.25, 0.3) is 0 Å². The molecule has 17 heavy (non-hydrogen) atoms. The van der Waals surface area contributed by atoms with E-state index in [9.17, 15) is 0 Å². The molecule has 0 saturated heterocycles. The van der Waals surface area contributed by atoms with Crippen LogP contribution in [0.25, 0.3) is 11.3 Å². The zero-order valence-corrected chi connectivity index (χ0v) is 9.77. The molecule has 0 aliphatic rings. The van der Waals surface area contributed by atoms with E-state index < -0.39 is 0 Å². The number of rotatable bonds is 3. The van der Waals surface area contributed by atoms with Crippen molar-refractivity contribution in [2.45, 2.75) is 6.92 Å². The lowest BCUT2D eigenvalue weighted by Gasteiger charge is -2.09. The molecule has 1 aromatic heterocycles. The highest BCUT2D eigenvalue weighted by Gasteiger charge is 2.08. The molecule has 0 unspecified atom stereocenters. The van der Waals surface area contributed by atoms with Crippen molar-refractivity contribution in [3.63, 3.8) is 0 Å². The Morgan fingerprint density at radius 1 is 1.24 bits per heavy atom. The van der Waals surface area contributed by atoms with Crippen LogP contribution >= 0.6 is 0 Å². The fourth-order valence-corrected chi connectivity index (χ4v) is 1.63. The zero-order valence-electron chi connectivity index (χ0n) is 9.77. The van der Waals surface area contributed by atoms with E-state index in [1.807, 2.05) is 37.3 Å². The van der Waals surface area contributed by atoms with E-state index >= 15 is 0 Å². The molecule has 0 atom stereocenters. The van der Waals surface area contributed by atoms with Gasteiger partial charge in [0, 0.05) is 11.3 Å². The van der Waals surface area contributed by atoms with E-state index in [4.69, 9.17) is 10.6 Å². The number of aryl methyl sites for hydroxylation is 1. The second kappa shape index (κ2) is 4.80. The van der Waals surface area contributed by atoms with E-state index in [1.54, 1.807) is 7.11 Å². The van der Waals surface area contributed by atoms with Crippen molar-refractivity contribution in [1.82, 2.24) is 9.97 Å². The van der Waals surface area contributed by atoms with E-state index in [0.29, 0.717) is 5.95 Å². The molecule has 2 rings (SSSR count). The molecule has 0 fully saturated rings. The van der Waals surface area contributed by atoms with E-state index in [0.717, 1.165) is 22.7 Å². The Morgan fingerprint density at radius 3 is 2.71 bits per heavy atom. The topological polar surface area (TPSA) is 73.1 Å². The lowest BCUT2D eigenvalue weighted by molar-refractivity contribution is 0.416. The number of nitrogen functional groups attached to an aromatic ring is 1. The minimum Gasteiger partial charge on any atom is -0.496 e. The number of anilines is 1. The van der Waals surface area contributed by atoms with Crippen LogP contribution in [-0.2, 0) is 0 Å². The molecule has 0 aliphatic heterocycles. The molecule has 0 amide bonds. The summed E-state index contributed by atoms with van der Waals surface area (Å²) < 4.78 is 5.30. The molecule has 1 heterocycles. The highest BCUT2D eigenvalue weighted by Crippen LogP contribution is 2.28. The first-order valence-electron chi connectivity index (χ1n) is 5.20. The molecule has 2 aromatic rings. The number of benzene rings is 1. The van der Waals surface area contributed by atoms with Crippen LogP contribution in [0.1, 0.15) is 5.69 Å². The number of nitrogens with one attached hydrogen (secondary N) is 1. The van der Waals surface area contributed by atoms with Crippen LogP contribution < -0.4 is 16.0 Å². The number of hydrogen-bond acceptors (Lipinski definition) is 5. The molecule has 0 aliphatic carbocycles. The lowest BCUT2D eigenvalue weighted by Crippen LogP contribution is -2.11. The summed E-state index contributed by atoms with van der Waals surface area (Å²) in [7, 11) is 1.63. The number of ether oxygens (including phenoxy) is 1. The largest absolute Gasteiger partial charge is 0.496 e. The Labute approximate surface area is 99.6 Å². The Bertz CT molecular complexity index is 528. The van der Waals surface area contributed by atoms with Gasteiger partial charge >= 0.3 is 0 Å². The summed E-state index contributed by atoms with van der Waals surface area (Å²) in [5.41, 5.74) is 4.99. The fraction of sp³-hybridized carbons (Fsp3) is 0.167. The SMILES string of the molecule is COc1ccccc1-c1cc(C)nc(NN)n1. The van der Waals surface area contributed by atoms with Crippen molar-refractivity contribution in [3.8, 4) is 17.0 Å². The zero-order chi connectivity index (χ0) is 12.3. The van der Waals surface area contributed by atoms with Gasteiger partial charge in [0.05, 0.1) is 12.8 Å². The number of para-hydroxylation sites is 1. The Hall–Kier alpha value is -2.14. The molecular formula is C12H14N4O. The predicted octanol–water partition coefficient (Wildman–Crippen LogP) is 1.75. The van der Waals surface area contributed by atoms with Crippen molar-refractivity contribution >= 4 is 5.95 Å². The van der Waals surface area contributed by atoms with Crippen LogP contribution in [0, 0.1) is 6.92 Å². The molecule has 0 radical (unpaired) electrons. The van der Waals surface area contributed by atoms with Gasteiger partial charge in [-0.3, -0.25) is 5.43 Å². The van der Waals surface area contributed by atoms with Crippen molar-refractivity contribution in [1.29, 1.82) is 0 Å². The first-order valence-corrected chi connectivity index (χ1v) is 5.20. The van der Waals surface area contributed by atoms with Crippen molar-refractivity contribution in [2.75, 3.05) is 12.5 Å². The number of hydrazine groups is 1. The summed E-state index contributed by atoms with van der Waals surface area (Å²) >= 11 is 0. The van der Waals surface area contributed by atoms with Crippen molar-refractivity contribution < 1.29 is 4.74 Å². The minimum atomic E-state index is 0.394. The molecule has 1 aromatic carbocycles. The molecule has 5 heteroatoms. The average Bonchev–Trinajstić information content (AvgIpc) is 2.37. The molecular weight excluding hydrogens is 216 g/mol. The number of nitrogens with two attached hydrogens (primary N) is 1. The van der Waals surface area contributed by atoms with E-state index in [2.05, 4.69) is 15.4 Å². The van der Waals surface area contributed by atoms with Crippen LogP contribution in [0.5, 0.6) is 5.75 Å². The average molecular weight is 230 g/mol. The van der Waals surface area contributed by atoms with Gasteiger partial charge < -0.3 is 4.74 Å². The second-order valence-electron chi connectivity index (χ2n) is 3.56. The molecule has 0 bridgehead atoms.